The molecule has 1 fully saturated rings. The minimum absolute atomic E-state index is 0.0311. The molecule has 0 saturated carbocycles. The molecule has 1 rings (SSSR count). The van der Waals surface area contributed by atoms with E-state index in [9.17, 15) is 5.11 Å². The maximum Gasteiger partial charge on any atom is 0.0702 e. The first-order valence-electron chi connectivity index (χ1n) is 7.22. The first-order valence-corrected chi connectivity index (χ1v) is 7.22. The Labute approximate surface area is 111 Å². The van der Waals surface area contributed by atoms with Crippen molar-refractivity contribution in [2.24, 2.45) is 11.7 Å². The summed E-state index contributed by atoms with van der Waals surface area (Å²) in [5.41, 5.74) is 6.19. The van der Waals surface area contributed by atoms with Crippen LogP contribution < -0.4 is 5.73 Å². The normalized spacial score (nSPS) is 24.5. The molecule has 0 spiro atoms. The van der Waals surface area contributed by atoms with E-state index in [1.165, 1.54) is 12.8 Å². The standard InChI is InChI=1S/C14H30N2O2/c1-11(2)8-13(15)14(10-17)16(3)9-12-6-4-5-7-18-12/h11-14,17H,4-10,15H2,1-3H3. The first kappa shape index (κ1) is 15.9. The summed E-state index contributed by atoms with van der Waals surface area (Å²) in [6.07, 6.45) is 4.81. The summed E-state index contributed by atoms with van der Waals surface area (Å²) in [4.78, 5) is 2.17. The van der Waals surface area contributed by atoms with E-state index in [1.807, 2.05) is 7.05 Å². The molecule has 0 radical (unpaired) electrons. The molecule has 1 saturated heterocycles. The molecule has 108 valence electrons. The summed E-state index contributed by atoms with van der Waals surface area (Å²) < 4.78 is 5.74. The van der Waals surface area contributed by atoms with Crippen molar-refractivity contribution in [1.29, 1.82) is 0 Å². The fraction of sp³-hybridized carbons (Fsp3) is 1.00. The lowest BCUT2D eigenvalue weighted by molar-refractivity contribution is -0.0157. The van der Waals surface area contributed by atoms with Gasteiger partial charge in [0.1, 0.15) is 0 Å². The monoisotopic (exact) mass is 258 g/mol. The van der Waals surface area contributed by atoms with E-state index in [-0.39, 0.29) is 18.7 Å². The van der Waals surface area contributed by atoms with Crippen molar-refractivity contribution < 1.29 is 9.84 Å². The van der Waals surface area contributed by atoms with Gasteiger partial charge in [-0.2, -0.15) is 0 Å². The quantitative estimate of drug-likeness (QED) is 0.721. The molecule has 4 nitrogen and oxygen atoms in total. The lowest BCUT2D eigenvalue weighted by atomic mass is 9.97. The van der Waals surface area contributed by atoms with E-state index in [4.69, 9.17) is 10.5 Å². The van der Waals surface area contributed by atoms with Crippen molar-refractivity contribution in [3.63, 3.8) is 0 Å². The zero-order chi connectivity index (χ0) is 13.5. The van der Waals surface area contributed by atoms with E-state index in [0.29, 0.717) is 12.0 Å². The van der Waals surface area contributed by atoms with Crippen LogP contribution in [0.4, 0.5) is 0 Å². The third kappa shape index (κ3) is 5.22. The summed E-state index contributed by atoms with van der Waals surface area (Å²) in [6.45, 7) is 6.20. The average Bonchev–Trinajstić information content (AvgIpc) is 2.30. The minimum Gasteiger partial charge on any atom is -0.395 e. The van der Waals surface area contributed by atoms with Gasteiger partial charge in [0.2, 0.25) is 0 Å². The molecule has 0 aliphatic carbocycles. The van der Waals surface area contributed by atoms with Gasteiger partial charge in [0.25, 0.3) is 0 Å². The lowest BCUT2D eigenvalue weighted by Crippen LogP contribution is -2.51. The zero-order valence-electron chi connectivity index (χ0n) is 12.1. The Hall–Kier alpha value is -0.160. The number of aliphatic hydroxyl groups is 1. The molecule has 1 aliphatic heterocycles. The lowest BCUT2D eigenvalue weighted by Gasteiger charge is -2.35. The number of ether oxygens (including phenoxy) is 1. The molecule has 3 N–H and O–H groups in total. The number of likely N-dealkylation sites (N-methyl/N-ethyl adjacent to an activating group) is 1. The molecule has 18 heavy (non-hydrogen) atoms. The van der Waals surface area contributed by atoms with Crippen LogP contribution in [0.1, 0.15) is 39.5 Å². The fourth-order valence-electron chi connectivity index (χ4n) is 2.71. The Morgan fingerprint density at radius 3 is 2.61 bits per heavy atom. The average molecular weight is 258 g/mol. The minimum atomic E-state index is 0.0311. The second kappa shape index (κ2) is 8.10. The van der Waals surface area contributed by atoms with Crippen LogP contribution in [0.15, 0.2) is 0 Å². The van der Waals surface area contributed by atoms with Crippen LogP contribution in [0.25, 0.3) is 0 Å². The predicted octanol–water partition coefficient (Wildman–Crippen LogP) is 1.22. The number of aliphatic hydroxyl groups excluding tert-OH is 1. The molecule has 1 heterocycles. The molecule has 1 aliphatic rings. The van der Waals surface area contributed by atoms with Crippen LogP contribution in [-0.4, -0.2) is 55.0 Å². The summed E-state index contributed by atoms with van der Waals surface area (Å²) in [7, 11) is 2.04. The number of hydrogen-bond donors (Lipinski definition) is 2. The molecule has 0 aromatic carbocycles. The summed E-state index contributed by atoms with van der Waals surface area (Å²) in [5.74, 6) is 0.563. The Balaban J connectivity index is 2.42. The Morgan fingerprint density at radius 2 is 2.11 bits per heavy atom. The molecule has 0 aromatic heterocycles. The SMILES string of the molecule is CC(C)CC(N)C(CO)N(C)CC1CCCCO1. The highest BCUT2D eigenvalue weighted by Gasteiger charge is 2.25. The summed E-state index contributed by atoms with van der Waals surface area (Å²) >= 11 is 0. The van der Waals surface area contributed by atoms with Crippen molar-refractivity contribution in [2.75, 3.05) is 26.8 Å². The molecule has 0 aromatic rings. The molecule has 0 bridgehead atoms. The largest absolute Gasteiger partial charge is 0.395 e. The smallest absolute Gasteiger partial charge is 0.0702 e. The summed E-state index contributed by atoms with van der Waals surface area (Å²) in [6, 6.07) is 0.0708. The van der Waals surface area contributed by atoms with E-state index in [2.05, 4.69) is 18.7 Å². The molecule has 3 atom stereocenters. The predicted molar refractivity (Wildman–Crippen MR) is 74.5 cm³/mol. The van der Waals surface area contributed by atoms with Gasteiger partial charge in [-0.1, -0.05) is 13.8 Å². The molecule has 0 amide bonds. The molecule has 4 heteroatoms. The number of hydrogen-bond acceptors (Lipinski definition) is 4. The van der Waals surface area contributed by atoms with Crippen LogP contribution in [0.3, 0.4) is 0 Å². The molecule has 3 unspecified atom stereocenters. The maximum atomic E-state index is 9.55. The van der Waals surface area contributed by atoms with Crippen molar-refractivity contribution in [2.45, 2.75) is 57.7 Å². The van der Waals surface area contributed by atoms with E-state index in [1.54, 1.807) is 0 Å². The number of nitrogens with zero attached hydrogens (tertiary/aromatic N) is 1. The number of nitrogens with two attached hydrogens (primary N) is 1. The van der Waals surface area contributed by atoms with Crippen molar-refractivity contribution in [1.82, 2.24) is 4.90 Å². The highest BCUT2D eigenvalue weighted by Crippen LogP contribution is 2.16. The Morgan fingerprint density at radius 1 is 1.39 bits per heavy atom. The molecular formula is C14H30N2O2. The third-order valence-electron chi connectivity index (χ3n) is 3.76. The van der Waals surface area contributed by atoms with Gasteiger partial charge >= 0.3 is 0 Å². The van der Waals surface area contributed by atoms with Crippen LogP contribution >= 0.6 is 0 Å². The highest BCUT2D eigenvalue weighted by atomic mass is 16.5. The van der Waals surface area contributed by atoms with Gasteiger partial charge in [0.15, 0.2) is 0 Å². The Bertz CT molecular complexity index is 218. The third-order valence-corrected chi connectivity index (χ3v) is 3.76. The van der Waals surface area contributed by atoms with Gasteiger partial charge in [0.05, 0.1) is 12.7 Å². The Kier molecular flexibility index (Phi) is 7.15. The van der Waals surface area contributed by atoms with Crippen molar-refractivity contribution in [3.05, 3.63) is 0 Å². The second-order valence-electron chi connectivity index (χ2n) is 5.97. The highest BCUT2D eigenvalue weighted by molar-refractivity contribution is 4.82. The topological polar surface area (TPSA) is 58.7 Å². The van der Waals surface area contributed by atoms with Crippen LogP contribution in [0, 0.1) is 5.92 Å². The van der Waals surface area contributed by atoms with Gasteiger partial charge in [0, 0.05) is 25.2 Å². The van der Waals surface area contributed by atoms with Crippen molar-refractivity contribution in [3.8, 4) is 0 Å². The van der Waals surface area contributed by atoms with Gasteiger partial charge in [-0.25, -0.2) is 0 Å². The zero-order valence-corrected chi connectivity index (χ0v) is 12.1. The van der Waals surface area contributed by atoms with Crippen LogP contribution in [0.2, 0.25) is 0 Å². The van der Waals surface area contributed by atoms with Crippen LogP contribution in [0.5, 0.6) is 0 Å². The van der Waals surface area contributed by atoms with Gasteiger partial charge in [-0.3, -0.25) is 4.90 Å². The fourth-order valence-corrected chi connectivity index (χ4v) is 2.71. The number of rotatable bonds is 7. The van der Waals surface area contributed by atoms with E-state index < -0.39 is 0 Å². The van der Waals surface area contributed by atoms with Gasteiger partial charge in [-0.15, -0.1) is 0 Å². The van der Waals surface area contributed by atoms with Gasteiger partial charge < -0.3 is 15.6 Å². The second-order valence-corrected chi connectivity index (χ2v) is 5.97. The summed E-state index contributed by atoms with van der Waals surface area (Å²) in [5, 5.41) is 9.55. The first-order chi connectivity index (χ1) is 8.54. The van der Waals surface area contributed by atoms with Gasteiger partial charge in [-0.05, 0) is 38.6 Å². The molecular weight excluding hydrogens is 228 g/mol. The van der Waals surface area contributed by atoms with E-state index in [0.717, 1.165) is 26.0 Å². The van der Waals surface area contributed by atoms with Crippen molar-refractivity contribution >= 4 is 0 Å². The van der Waals surface area contributed by atoms with Crippen LogP contribution in [-0.2, 0) is 4.74 Å². The van der Waals surface area contributed by atoms with E-state index >= 15 is 0 Å². The maximum absolute atomic E-state index is 9.55.